The number of nitrogens with zero attached hydrogens (tertiary/aromatic N) is 4. The highest BCUT2D eigenvalue weighted by Gasteiger charge is 2.22. The fraction of sp³-hybridized carbons (Fsp3) is 0.529. The molecular formula is C17H23F2N5. The summed E-state index contributed by atoms with van der Waals surface area (Å²) in [6.45, 7) is 3.99. The smallest absolute Gasteiger partial charge is 0.280 e. The lowest BCUT2D eigenvalue weighted by molar-refractivity contribution is 0.146. The zero-order chi connectivity index (χ0) is 17.1. The van der Waals surface area contributed by atoms with Gasteiger partial charge in [-0.05, 0) is 31.4 Å². The van der Waals surface area contributed by atoms with E-state index in [0.717, 1.165) is 37.2 Å². The number of hydrogen-bond acceptors (Lipinski definition) is 4. The van der Waals surface area contributed by atoms with Crippen LogP contribution in [0.5, 0.6) is 0 Å². The SMILES string of the molecule is CC(NC1CCCN(c2cnn(C)c2)C1)c1ccc(C(F)F)nc1. The van der Waals surface area contributed by atoms with Gasteiger partial charge in [0.15, 0.2) is 0 Å². The van der Waals surface area contributed by atoms with Crippen LogP contribution < -0.4 is 10.2 Å². The summed E-state index contributed by atoms with van der Waals surface area (Å²) in [6, 6.07) is 3.56. The quantitative estimate of drug-likeness (QED) is 0.912. The molecule has 2 aromatic rings. The Balaban J connectivity index is 1.60. The number of piperidine rings is 1. The molecule has 1 fully saturated rings. The van der Waals surface area contributed by atoms with E-state index in [2.05, 4.69) is 20.3 Å². The number of rotatable bonds is 5. The van der Waals surface area contributed by atoms with Gasteiger partial charge in [-0.25, -0.2) is 8.78 Å². The molecule has 0 aliphatic carbocycles. The standard InChI is InChI=1S/C17H23F2N5/c1-12(13-5-6-16(17(18)19)20-8-13)22-14-4-3-7-24(10-14)15-9-21-23(2)11-15/h5-6,8-9,11-12,14,17,22H,3-4,7,10H2,1-2H3. The van der Waals surface area contributed by atoms with Crippen LogP contribution >= 0.6 is 0 Å². The number of aromatic nitrogens is 3. The first-order chi connectivity index (χ1) is 11.5. The van der Waals surface area contributed by atoms with E-state index in [1.54, 1.807) is 12.3 Å². The predicted octanol–water partition coefficient (Wildman–Crippen LogP) is 3.07. The van der Waals surface area contributed by atoms with Crippen LogP contribution in [0.25, 0.3) is 0 Å². The Bertz CT molecular complexity index is 655. The van der Waals surface area contributed by atoms with Crippen LogP contribution in [0, 0.1) is 0 Å². The first kappa shape index (κ1) is 16.8. The van der Waals surface area contributed by atoms with Crippen molar-refractivity contribution in [2.24, 2.45) is 7.05 Å². The average Bonchev–Trinajstić information content (AvgIpc) is 3.02. The van der Waals surface area contributed by atoms with Crippen molar-refractivity contribution >= 4 is 5.69 Å². The number of aryl methyl sites for hydroxylation is 1. The van der Waals surface area contributed by atoms with E-state index in [9.17, 15) is 8.78 Å². The van der Waals surface area contributed by atoms with E-state index in [1.807, 2.05) is 31.0 Å². The molecular weight excluding hydrogens is 312 g/mol. The third kappa shape index (κ3) is 3.90. The van der Waals surface area contributed by atoms with Gasteiger partial charge in [0.05, 0.1) is 11.9 Å². The van der Waals surface area contributed by atoms with Gasteiger partial charge >= 0.3 is 0 Å². The lowest BCUT2D eigenvalue weighted by Gasteiger charge is -2.35. The van der Waals surface area contributed by atoms with Crippen molar-refractivity contribution in [3.8, 4) is 0 Å². The van der Waals surface area contributed by atoms with Crippen molar-refractivity contribution in [3.05, 3.63) is 42.0 Å². The fourth-order valence-electron chi connectivity index (χ4n) is 3.17. The van der Waals surface area contributed by atoms with Crippen molar-refractivity contribution in [2.45, 2.75) is 38.3 Å². The first-order valence-corrected chi connectivity index (χ1v) is 8.26. The number of hydrogen-bond donors (Lipinski definition) is 1. The van der Waals surface area contributed by atoms with Crippen molar-refractivity contribution in [3.63, 3.8) is 0 Å². The molecule has 0 amide bonds. The van der Waals surface area contributed by atoms with E-state index in [-0.39, 0.29) is 11.7 Å². The van der Waals surface area contributed by atoms with Crippen molar-refractivity contribution in [2.75, 3.05) is 18.0 Å². The molecule has 0 spiro atoms. The van der Waals surface area contributed by atoms with Crippen LogP contribution in [0.3, 0.4) is 0 Å². The zero-order valence-electron chi connectivity index (χ0n) is 14.0. The largest absolute Gasteiger partial charge is 0.367 e. The molecule has 1 saturated heterocycles. The van der Waals surface area contributed by atoms with E-state index in [4.69, 9.17) is 0 Å². The average molecular weight is 335 g/mol. The topological polar surface area (TPSA) is 46.0 Å². The van der Waals surface area contributed by atoms with Crippen molar-refractivity contribution in [1.29, 1.82) is 0 Å². The number of halogens is 2. The second-order valence-electron chi connectivity index (χ2n) is 6.36. The number of pyridine rings is 1. The van der Waals surface area contributed by atoms with Crippen molar-refractivity contribution in [1.82, 2.24) is 20.1 Å². The van der Waals surface area contributed by atoms with Gasteiger partial charge in [-0.1, -0.05) is 6.07 Å². The molecule has 1 aliphatic heterocycles. The molecule has 130 valence electrons. The van der Waals surface area contributed by atoms with Crippen LogP contribution in [-0.4, -0.2) is 33.9 Å². The molecule has 3 heterocycles. The summed E-state index contributed by atoms with van der Waals surface area (Å²) >= 11 is 0. The van der Waals surface area contributed by atoms with Gasteiger partial charge < -0.3 is 10.2 Å². The van der Waals surface area contributed by atoms with Gasteiger partial charge in [-0.3, -0.25) is 9.67 Å². The zero-order valence-corrected chi connectivity index (χ0v) is 14.0. The minimum atomic E-state index is -2.52. The van der Waals surface area contributed by atoms with Crippen LogP contribution in [0.4, 0.5) is 14.5 Å². The van der Waals surface area contributed by atoms with Crippen LogP contribution in [0.2, 0.25) is 0 Å². The van der Waals surface area contributed by atoms with Gasteiger partial charge in [-0.15, -0.1) is 0 Å². The monoisotopic (exact) mass is 335 g/mol. The Hall–Kier alpha value is -2.02. The van der Waals surface area contributed by atoms with E-state index in [0.29, 0.717) is 6.04 Å². The summed E-state index contributed by atoms with van der Waals surface area (Å²) in [5, 5.41) is 7.83. The molecule has 0 aromatic carbocycles. The third-order valence-corrected chi connectivity index (χ3v) is 4.50. The van der Waals surface area contributed by atoms with Crippen molar-refractivity contribution < 1.29 is 8.78 Å². The number of alkyl halides is 2. The molecule has 2 atom stereocenters. The van der Waals surface area contributed by atoms with Gasteiger partial charge in [0.25, 0.3) is 6.43 Å². The summed E-state index contributed by atoms with van der Waals surface area (Å²) in [5.41, 5.74) is 1.89. The lowest BCUT2D eigenvalue weighted by Crippen LogP contribution is -2.46. The molecule has 2 aromatic heterocycles. The summed E-state index contributed by atoms with van der Waals surface area (Å²) in [6.07, 6.45) is 5.15. The molecule has 3 rings (SSSR count). The number of nitrogens with one attached hydrogen (secondary N) is 1. The highest BCUT2D eigenvalue weighted by molar-refractivity contribution is 5.43. The first-order valence-electron chi connectivity index (χ1n) is 8.26. The summed E-state index contributed by atoms with van der Waals surface area (Å²) in [5.74, 6) is 0. The molecule has 0 bridgehead atoms. The summed E-state index contributed by atoms with van der Waals surface area (Å²) in [4.78, 5) is 6.18. The minimum Gasteiger partial charge on any atom is -0.367 e. The van der Waals surface area contributed by atoms with Gasteiger partial charge in [0, 0.05) is 44.6 Å². The van der Waals surface area contributed by atoms with E-state index in [1.165, 1.54) is 6.07 Å². The Morgan fingerprint density at radius 2 is 2.12 bits per heavy atom. The maximum Gasteiger partial charge on any atom is 0.280 e. The highest BCUT2D eigenvalue weighted by Crippen LogP contribution is 2.22. The number of anilines is 1. The third-order valence-electron chi connectivity index (χ3n) is 4.50. The van der Waals surface area contributed by atoms with Crippen LogP contribution in [-0.2, 0) is 7.05 Å². The lowest BCUT2D eigenvalue weighted by atomic mass is 10.0. The Morgan fingerprint density at radius 1 is 1.29 bits per heavy atom. The molecule has 0 radical (unpaired) electrons. The Kier molecular flexibility index (Phi) is 5.08. The maximum atomic E-state index is 12.6. The Labute approximate surface area is 140 Å². The summed E-state index contributed by atoms with van der Waals surface area (Å²) < 4.78 is 27.0. The maximum absolute atomic E-state index is 12.6. The second-order valence-corrected chi connectivity index (χ2v) is 6.36. The second kappa shape index (κ2) is 7.25. The predicted molar refractivity (Wildman–Crippen MR) is 89.2 cm³/mol. The molecule has 5 nitrogen and oxygen atoms in total. The van der Waals surface area contributed by atoms with Gasteiger partial charge in [-0.2, -0.15) is 5.10 Å². The van der Waals surface area contributed by atoms with Crippen LogP contribution in [0.15, 0.2) is 30.7 Å². The summed E-state index contributed by atoms with van der Waals surface area (Å²) in [7, 11) is 1.92. The molecule has 0 saturated carbocycles. The van der Waals surface area contributed by atoms with Gasteiger partial charge in [0.2, 0.25) is 0 Å². The normalized spacial score (nSPS) is 19.7. The molecule has 1 N–H and O–H groups in total. The minimum absolute atomic E-state index is 0.0723. The molecule has 2 unspecified atom stereocenters. The van der Waals surface area contributed by atoms with E-state index < -0.39 is 6.43 Å². The van der Waals surface area contributed by atoms with E-state index >= 15 is 0 Å². The fourth-order valence-corrected chi connectivity index (χ4v) is 3.17. The molecule has 7 heteroatoms. The van der Waals surface area contributed by atoms with Crippen LogP contribution in [0.1, 0.15) is 43.5 Å². The highest BCUT2D eigenvalue weighted by atomic mass is 19.3. The molecule has 1 aliphatic rings. The van der Waals surface area contributed by atoms with Gasteiger partial charge in [0.1, 0.15) is 5.69 Å². The Morgan fingerprint density at radius 3 is 2.75 bits per heavy atom. The molecule has 24 heavy (non-hydrogen) atoms.